The quantitative estimate of drug-likeness (QED) is 0.168. The zero-order valence-electron chi connectivity index (χ0n) is 18.9. The molecule has 6 heteroatoms. The van der Waals surface area contributed by atoms with Crippen LogP contribution in [0.5, 0.6) is 0 Å². The lowest BCUT2D eigenvalue weighted by atomic mass is 10.1. The van der Waals surface area contributed by atoms with Gasteiger partial charge in [0.1, 0.15) is 19.8 Å². The fourth-order valence-electron chi connectivity index (χ4n) is 3.02. The van der Waals surface area contributed by atoms with Crippen LogP contribution < -0.4 is 0 Å². The topological polar surface area (TPSA) is 78.9 Å². The van der Waals surface area contributed by atoms with Crippen LogP contribution in [0.3, 0.4) is 0 Å². The van der Waals surface area contributed by atoms with Gasteiger partial charge in [-0.05, 0) is 6.42 Å². The predicted molar refractivity (Wildman–Crippen MR) is 122 cm³/mol. The van der Waals surface area contributed by atoms with Gasteiger partial charge < -0.3 is 14.2 Å². The van der Waals surface area contributed by atoms with Crippen LogP contribution in [0.2, 0.25) is 0 Å². The molecule has 0 fully saturated rings. The second kappa shape index (κ2) is 13.6. The lowest BCUT2D eigenvalue weighted by Crippen LogP contribution is -2.43. The van der Waals surface area contributed by atoms with Crippen LogP contribution in [0, 0.1) is 0 Å². The van der Waals surface area contributed by atoms with E-state index in [2.05, 4.69) is 6.92 Å². The molecule has 0 spiro atoms. The molecule has 0 unspecified atom stereocenters. The van der Waals surface area contributed by atoms with Crippen molar-refractivity contribution in [3.8, 4) is 0 Å². The number of ketones is 2. The first-order valence-corrected chi connectivity index (χ1v) is 11.1. The Morgan fingerprint density at radius 3 is 1.69 bits per heavy atom. The zero-order valence-corrected chi connectivity index (χ0v) is 18.9. The van der Waals surface area contributed by atoms with E-state index in [1.165, 1.54) is 0 Å². The van der Waals surface area contributed by atoms with Crippen molar-refractivity contribution in [2.24, 2.45) is 0 Å². The van der Waals surface area contributed by atoms with E-state index in [0.717, 1.165) is 19.3 Å². The Bertz CT molecular complexity index is 792. The molecular formula is C26H32O6. The minimum atomic E-state index is -1.39. The van der Waals surface area contributed by atoms with Crippen LogP contribution in [0.15, 0.2) is 60.7 Å². The monoisotopic (exact) mass is 440 g/mol. The first-order chi connectivity index (χ1) is 15.5. The Balaban J connectivity index is 2.05. The number of rotatable bonds is 15. The van der Waals surface area contributed by atoms with E-state index in [4.69, 9.17) is 14.2 Å². The van der Waals surface area contributed by atoms with Gasteiger partial charge in [-0.15, -0.1) is 0 Å². The summed E-state index contributed by atoms with van der Waals surface area (Å²) in [5, 5.41) is 0. The fourth-order valence-corrected chi connectivity index (χ4v) is 3.02. The zero-order chi connectivity index (χ0) is 23.2. The standard InChI is InChI=1S/C26H32O6/c1-3-5-8-17-25(29)30-20-26(4-2,31-18-23(27)21-13-9-6-10-14-21)32-19-24(28)22-15-11-7-12-16-22/h6-7,9-16H,3-5,8,17-20H2,1-2H3. The Labute approximate surface area is 189 Å². The van der Waals surface area contributed by atoms with Crippen molar-refractivity contribution in [3.05, 3.63) is 71.8 Å². The maximum absolute atomic E-state index is 12.5. The summed E-state index contributed by atoms with van der Waals surface area (Å²) in [4.78, 5) is 37.2. The van der Waals surface area contributed by atoms with Gasteiger partial charge in [0.25, 0.3) is 0 Å². The van der Waals surface area contributed by atoms with Crippen molar-refractivity contribution < 1.29 is 28.6 Å². The highest BCUT2D eigenvalue weighted by Crippen LogP contribution is 2.21. The molecule has 0 amide bonds. The number of unbranched alkanes of at least 4 members (excludes halogenated alkanes) is 2. The van der Waals surface area contributed by atoms with Gasteiger partial charge in [-0.3, -0.25) is 14.4 Å². The Hall–Kier alpha value is -2.83. The van der Waals surface area contributed by atoms with Crippen LogP contribution in [0.4, 0.5) is 0 Å². The first kappa shape index (κ1) is 25.4. The highest BCUT2D eigenvalue weighted by atomic mass is 16.7. The highest BCUT2D eigenvalue weighted by Gasteiger charge is 2.34. The summed E-state index contributed by atoms with van der Waals surface area (Å²) in [5.41, 5.74) is 1.02. The van der Waals surface area contributed by atoms with E-state index in [0.29, 0.717) is 24.0 Å². The second-order valence-electron chi connectivity index (χ2n) is 7.54. The molecule has 0 aromatic heterocycles. The van der Waals surface area contributed by atoms with E-state index in [1.54, 1.807) is 55.5 Å². The van der Waals surface area contributed by atoms with Crippen molar-refractivity contribution in [1.29, 1.82) is 0 Å². The summed E-state index contributed by atoms with van der Waals surface area (Å²) < 4.78 is 17.1. The molecule has 0 saturated heterocycles. The molecule has 0 radical (unpaired) electrons. The molecular weight excluding hydrogens is 408 g/mol. The Morgan fingerprint density at radius 2 is 1.25 bits per heavy atom. The summed E-state index contributed by atoms with van der Waals surface area (Å²) in [7, 11) is 0. The lowest BCUT2D eigenvalue weighted by molar-refractivity contribution is -0.249. The Kier molecular flexibility index (Phi) is 10.8. The van der Waals surface area contributed by atoms with E-state index in [-0.39, 0.29) is 37.4 Å². The van der Waals surface area contributed by atoms with Crippen molar-refractivity contribution in [1.82, 2.24) is 0 Å². The molecule has 172 valence electrons. The van der Waals surface area contributed by atoms with Crippen molar-refractivity contribution in [2.75, 3.05) is 19.8 Å². The number of ether oxygens (including phenoxy) is 3. The average Bonchev–Trinajstić information content (AvgIpc) is 2.84. The van der Waals surface area contributed by atoms with Gasteiger partial charge in [0, 0.05) is 24.0 Å². The van der Waals surface area contributed by atoms with Crippen LogP contribution in [-0.4, -0.2) is 43.1 Å². The summed E-state index contributed by atoms with van der Waals surface area (Å²) in [6, 6.07) is 17.5. The number of hydrogen-bond acceptors (Lipinski definition) is 6. The van der Waals surface area contributed by atoms with E-state index in [9.17, 15) is 14.4 Å². The summed E-state index contributed by atoms with van der Waals surface area (Å²) >= 11 is 0. The molecule has 0 saturated carbocycles. The molecule has 6 nitrogen and oxygen atoms in total. The van der Waals surface area contributed by atoms with Crippen molar-refractivity contribution in [2.45, 2.75) is 51.7 Å². The van der Waals surface area contributed by atoms with Crippen LogP contribution in [0.25, 0.3) is 0 Å². The molecule has 0 atom stereocenters. The fraction of sp³-hybridized carbons (Fsp3) is 0.423. The summed E-state index contributed by atoms with van der Waals surface area (Å²) in [6.45, 7) is 3.14. The van der Waals surface area contributed by atoms with Crippen LogP contribution in [-0.2, 0) is 19.0 Å². The van der Waals surface area contributed by atoms with Crippen LogP contribution >= 0.6 is 0 Å². The average molecular weight is 441 g/mol. The van der Waals surface area contributed by atoms with Crippen molar-refractivity contribution in [3.63, 3.8) is 0 Å². The van der Waals surface area contributed by atoms with Gasteiger partial charge in [-0.2, -0.15) is 0 Å². The predicted octanol–water partition coefficient (Wildman–Crippen LogP) is 5.02. The number of benzene rings is 2. The minimum absolute atomic E-state index is 0.196. The van der Waals surface area contributed by atoms with Crippen LogP contribution in [0.1, 0.15) is 66.7 Å². The number of esters is 1. The third-order valence-corrected chi connectivity index (χ3v) is 5.10. The Morgan fingerprint density at radius 1 is 0.750 bits per heavy atom. The SMILES string of the molecule is CCCCCC(=O)OCC(CC)(OCC(=O)c1ccccc1)OCC(=O)c1ccccc1. The molecule has 2 rings (SSSR count). The smallest absolute Gasteiger partial charge is 0.305 e. The molecule has 0 bridgehead atoms. The molecule has 2 aromatic carbocycles. The normalized spacial score (nSPS) is 11.2. The molecule has 0 aliphatic heterocycles. The van der Waals surface area contributed by atoms with Gasteiger partial charge in [-0.25, -0.2) is 0 Å². The molecule has 32 heavy (non-hydrogen) atoms. The molecule has 2 aromatic rings. The maximum Gasteiger partial charge on any atom is 0.305 e. The van der Waals surface area contributed by atoms with E-state index in [1.807, 2.05) is 12.1 Å². The van der Waals surface area contributed by atoms with Crippen molar-refractivity contribution >= 4 is 17.5 Å². The van der Waals surface area contributed by atoms with Gasteiger partial charge in [0.15, 0.2) is 11.6 Å². The van der Waals surface area contributed by atoms with Gasteiger partial charge in [0.05, 0.1) is 0 Å². The highest BCUT2D eigenvalue weighted by molar-refractivity contribution is 5.97. The second-order valence-corrected chi connectivity index (χ2v) is 7.54. The number of carbonyl (C=O) groups excluding carboxylic acids is 3. The van der Waals surface area contributed by atoms with Gasteiger partial charge in [-0.1, -0.05) is 87.4 Å². The molecule has 0 aliphatic carbocycles. The number of hydrogen-bond donors (Lipinski definition) is 0. The largest absolute Gasteiger partial charge is 0.460 e. The maximum atomic E-state index is 12.5. The lowest BCUT2D eigenvalue weighted by Gasteiger charge is -2.32. The van der Waals surface area contributed by atoms with E-state index < -0.39 is 5.79 Å². The first-order valence-electron chi connectivity index (χ1n) is 11.1. The third-order valence-electron chi connectivity index (χ3n) is 5.10. The minimum Gasteiger partial charge on any atom is -0.460 e. The summed E-state index contributed by atoms with van der Waals surface area (Å²) in [5.74, 6) is -2.20. The number of Topliss-reactive ketones (excluding diaryl/α,β-unsaturated/α-hetero) is 2. The van der Waals surface area contributed by atoms with E-state index >= 15 is 0 Å². The number of carbonyl (C=O) groups is 3. The molecule has 0 heterocycles. The molecule has 0 aliphatic rings. The molecule has 0 N–H and O–H groups in total. The summed E-state index contributed by atoms with van der Waals surface area (Å²) in [6.07, 6.45) is 3.29. The van der Waals surface area contributed by atoms with Gasteiger partial charge >= 0.3 is 5.97 Å². The van der Waals surface area contributed by atoms with Gasteiger partial charge in [0.2, 0.25) is 5.79 Å². The third kappa shape index (κ3) is 8.36.